The predicted octanol–water partition coefficient (Wildman–Crippen LogP) is 13.5. The summed E-state index contributed by atoms with van der Waals surface area (Å²) in [6.07, 6.45) is 0. The van der Waals surface area contributed by atoms with Gasteiger partial charge in [0.05, 0.1) is 16.8 Å². The molecule has 0 bridgehead atoms. The number of para-hydroxylation sites is 2. The average Bonchev–Trinajstić information content (AvgIpc) is 3.32. The zero-order valence-electron chi connectivity index (χ0n) is 33.3. The normalized spacial score (nSPS) is 14.2. The molecule has 0 unspecified atom stereocenters. The number of hydrogen-bond acceptors (Lipinski definition) is 5. The molecule has 0 radical (unpaired) electrons. The Morgan fingerprint density at radius 3 is 1.32 bits per heavy atom. The van der Waals surface area contributed by atoms with Gasteiger partial charge in [-0.05, 0) is 70.8 Å². The van der Waals surface area contributed by atoms with Gasteiger partial charge in [-0.1, -0.05) is 172 Å². The number of fused-ring (bicyclic) bond motifs is 4. The standard InChI is InChI=1S/C55H40N4O/c1-54(2)43-27-15-17-29-47(43)59(48-30-18-16-28-44(48)54)42-32-34-50-46(36-42)55(40-23-11-5-12-24-40,41-25-13-6-14-26-41)45-35-39(31-33-49(45)60-50)53-57-51(37-19-7-3-8-20-37)56-52(58-53)38-21-9-4-10-22-38/h3-36H,1-2H3. The van der Waals surface area contributed by atoms with Crippen LogP contribution in [0.5, 0.6) is 11.5 Å². The molecule has 0 aliphatic carbocycles. The van der Waals surface area contributed by atoms with E-state index in [1.165, 1.54) is 22.5 Å². The lowest BCUT2D eigenvalue weighted by atomic mass is 9.63. The Morgan fingerprint density at radius 2 is 0.800 bits per heavy atom. The summed E-state index contributed by atoms with van der Waals surface area (Å²) in [6.45, 7) is 4.65. The SMILES string of the molecule is CC1(C)c2ccccc2N(c2ccc3c(c2)C(c2ccccc2)(c2ccccc2)c2cc(-c4nc(-c5ccccc5)nc(-c5ccccc5)n4)ccc2O3)c2ccccc21. The number of benzene rings is 8. The third-order valence-electron chi connectivity index (χ3n) is 12.2. The van der Waals surface area contributed by atoms with Crippen molar-refractivity contribution in [2.75, 3.05) is 4.90 Å². The number of hydrogen-bond donors (Lipinski definition) is 0. The van der Waals surface area contributed by atoms with E-state index in [1.807, 2.05) is 60.7 Å². The second kappa shape index (κ2) is 14.0. The molecule has 3 heterocycles. The van der Waals surface area contributed by atoms with Crippen LogP contribution in [0.3, 0.4) is 0 Å². The Morgan fingerprint density at radius 1 is 0.383 bits per heavy atom. The van der Waals surface area contributed by atoms with Gasteiger partial charge in [0.25, 0.3) is 0 Å². The lowest BCUT2D eigenvalue weighted by Crippen LogP contribution is -2.35. The molecule has 0 fully saturated rings. The minimum atomic E-state index is -0.789. The van der Waals surface area contributed by atoms with Gasteiger partial charge < -0.3 is 9.64 Å². The van der Waals surface area contributed by atoms with Crippen LogP contribution < -0.4 is 9.64 Å². The molecule has 5 heteroatoms. The first-order valence-corrected chi connectivity index (χ1v) is 20.4. The molecule has 0 amide bonds. The van der Waals surface area contributed by atoms with Crippen LogP contribution >= 0.6 is 0 Å². The molecule has 2 aliphatic rings. The zero-order valence-corrected chi connectivity index (χ0v) is 33.3. The van der Waals surface area contributed by atoms with E-state index in [0.717, 1.165) is 56.1 Å². The highest BCUT2D eigenvalue weighted by Crippen LogP contribution is 2.58. The van der Waals surface area contributed by atoms with E-state index in [-0.39, 0.29) is 5.41 Å². The highest BCUT2D eigenvalue weighted by Gasteiger charge is 2.46. The molecule has 60 heavy (non-hydrogen) atoms. The number of anilines is 3. The first kappa shape index (κ1) is 35.5. The van der Waals surface area contributed by atoms with Crippen molar-refractivity contribution >= 4 is 17.1 Å². The third kappa shape index (κ3) is 5.58. The maximum atomic E-state index is 7.00. The van der Waals surface area contributed by atoms with Crippen LogP contribution in [0, 0.1) is 0 Å². The topological polar surface area (TPSA) is 51.1 Å². The quantitative estimate of drug-likeness (QED) is 0.168. The van der Waals surface area contributed by atoms with Crippen LogP contribution in [0.1, 0.15) is 47.2 Å². The Bertz CT molecular complexity index is 2890. The van der Waals surface area contributed by atoms with Crippen molar-refractivity contribution in [1.82, 2.24) is 15.0 Å². The largest absolute Gasteiger partial charge is 0.457 e. The fraction of sp³-hybridized carbons (Fsp3) is 0.0727. The molecule has 0 saturated heterocycles. The lowest BCUT2D eigenvalue weighted by Gasteiger charge is -2.44. The van der Waals surface area contributed by atoms with E-state index in [0.29, 0.717) is 17.5 Å². The molecule has 286 valence electrons. The average molecular weight is 773 g/mol. The third-order valence-corrected chi connectivity index (χ3v) is 12.2. The van der Waals surface area contributed by atoms with Gasteiger partial charge in [-0.15, -0.1) is 0 Å². The van der Waals surface area contributed by atoms with Crippen molar-refractivity contribution in [3.05, 3.63) is 240 Å². The Hall–Kier alpha value is -7.63. The molecule has 9 aromatic rings. The first-order valence-electron chi connectivity index (χ1n) is 20.4. The van der Waals surface area contributed by atoms with Crippen LogP contribution in [0.25, 0.3) is 34.2 Å². The number of aromatic nitrogens is 3. The molecule has 2 aliphatic heterocycles. The van der Waals surface area contributed by atoms with Crippen LogP contribution in [-0.2, 0) is 10.8 Å². The van der Waals surface area contributed by atoms with Crippen LogP contribution in [-0.4, -0.2) is 15.0 Å². The molecule has 5 nitrogen and oxygen atoms in total. The van der Waals surface area contributed by atoms with E-state index in [4.69, 9.17) is 19.7 Å². The number of rotatable bonds is 6. The van der Waals surface area contributed by atoms with Crippen molar-refractivity contribution in [2.24, 2.45) is 0 Å². The summed E-state index contributed by atoms with van der Waals surface area (Å²) in [5.74, 6) is 3.41. The summed E-state index contributed by atoms with van der Waals surface area (Å²) >= 11 is 0. The van der Waals surface area contributed by atoms with Gasteiger partial charge in [0, 0.05) is 38.9 Å². The summed E-state index contributed by atoms with van der Waals surface area (Å²) in [5, 5.41) is 0. The molecular formula is C55H40N4O. The minimum Gasteiger partial charge on any atom is -0.457 e. The van der Waals surface area contributed by atoms with E-state index >= 15 is 0 Å². The molecule has 8 aromatic carbocycles. The molecule has 0 saturated carbocycles. The second-order valence-electron chi connectivity index (χ2n) is 16.0. The van der Waals surface area contributed by atoms with Crippen LogP contribution in [0.2, 0.25) is 0 Å². The van der Waals surface area contributed by atoms with Gasteiger partial charge in [0.1, 0.15) is 11.5 Å². The summed E-state index contributed by atoms with van der Waals surface area (Å²) in [6, 6.07) is 72.6. The van der Waals surface area contributed by atoms with Crippen LogP contribution in [0.15, 0.2) is 206 Å². The fourth-order valence-corrected chi connectivity index (χ4v) is 9.40. The van der Waals surface area contributed by atoms with E-state index < -0.39 is 5.41 Å². The Labute approximate surface area is 350 Å². The first-order chi connectivity index (χ1) is 29.5. The monoisotopic (exact) mass is 772 g/mol. The molecule has 0 spiro atoms. The summed E-state index contributed by atoms with van der Waals surface area (Å²) < 4.78 is 7.00. The van der Waals surface area contributed by atoms with E-state index in [2.05, 4.69) is 164 Å². The van der Waals surface area contributed by atoms with Crippen molar-refractivity contribution in [3.63, 3.8) is 0 Å². The maximum Gasteiger partial charge on any atom is 0.164 e. The van der Waals surface area contributed by atoms with Gasteiger partial charge >= 0.3 is 0 Å². The highest BCUT2D eigenvalue weighted by molar-refractivity contribution is 5.87. The van der Waals surface area contributed by atoms with Crippen LogP contribution in [0.4, 0.5) is 17.1 Å². The Balaban J connectivity index is 1.17. The molecule has 0 atom stereocenters. The number of nitrogens with zero attached hydrogens (tertiary/aromatic N) is 4. The minimum absolute atomic E-state index is 0.177. The molecular weight excluding hydrogens is 733 g/mol. The summed E-state index contributed by atoms with van der Waals surface area (Å²) in [7, 11) is 0. The van der Waals surface area contributed by atoms with E-state index in [1.54, 1.807) is 0 Å². The summed E-state index contributed by atoms with van der Waals surface area (Å²) in [5.41, 5.74) is 12.0. The van der Waals surface area contributed by atoms with Gasteiger partial charge in [-0.3, -0.25) is 0 Å². The summed E-state index contributed by atoms with van der Waals surface area (Å²) in [4.78, 5) is 17.7. The van der Waals surface area contributed by atoms with E-state index in [9.17, 15) is 0 Å². The molecule has 11 rings (SSSR count). The highest BCUT2D eigenvalue weighted by atomic mass is 16.5. The maximum absolute atomic E-state index is 7.00. The van der Waals surface area contributed by atoms with Gasteiger partial charge in [0.2, 0.25) is 0 Å². The van der Waals surface area contributed by atoms with Gasteiger partial charge in [0.15, 0.2) is 17.5 Å². The molecule has 1 aromatic heterocycles. The second-order valence-corrected chi connectivity index (χ2v) is 16.0. The smallest absolute Gasteiger partial charge is 0.164 e. The van der Waals surface area contributed by atoms with Crippen molar-refractivity contribution < 1.29 is 4.74 Å². The zero-order chi connectivity index (χ0) is 40.3. The fourth-order valence-electron chi connectivity index (χ4n) is 9.40. The van der Waals surface area contributed by atoms with Gasteiger partial charge in [-0.25, -0.2) is 15.0 Å². The Kier molecular flexibility index (Phi) is 8.31. The van der Waals surface area contributed by atoms with Gasteiger partial charge in [-0.2, -0.15) is 0 Å². The lowest BCUT2D eigenvalue weighted by molar-refractivity contribution is 0.434. The van der Waals surface area contributed by atoms with Crippen molar-refractivity contribution in [3.8, 4) is 45.7 Å². The number of ether oxygens (including phenoxy) is 1. The predicted molar refractivity (Wildman–Crippen MR) is 241 cm³/mol. The molecule has 0 N–H and O–H groups in total. The van der Waals surface area contributed by atoms with Crippen molar-refractivity contribution in [1.29, 1.82) is 0 Å². The van der Waals surface area contributed by atoms with Crippen molar-refractivity contribution in [2.45, 2.75) is 24.7 Å².